The van der Waals surface area contributed by atoms with Crippen molar-refractivity contribution in [2.75, 3.05) is 7.05 Å². The summed E-state index contributed by atoms with van der Waals surface area (Å²) in [5.74, 6) is -1.13. The number of nitrogens with one attached hydrogen (secondary N) is 1. The molecule has 17 heavy (non-hydrogen) atoms. The molecule has 90 valence electrons. The van der Waals surface area contributed by atoms with E-state index < -0.39 is 11.6 Å². The molecule has 5 heteroatoms. The lowest BCUT2D eigenvalue weighted by Crippen LogP contribution is -2.07. The fraction of sp³-hybridized carbons (Fsp3) is 0.250. The van der Waals surface area contributed by atoms with Crippen molar-refractivity contribution in [3.63, 3.8) is 0 Å². The molecular weight excluding hydrogens is 224 g/mol. The topological polar surface area (TPSA) is 29.9 Å². The number of rotatable bonds is 4. The van der Waals surface area contributed by atoms with Crippen LogP contribution in [-0.2, 0) is 13.1 Å². The molecule has 0 unspecified atom stereocenters. The minimum Gasteiger partial charge on any atom is -0.314 e. The van der Waals surface area contributed by atoms with Crippen LogP contribution in [0, 0.1) is 11.6 Å². The van der Waals surface area contributed by atoms with Gasteiger partial charge < -0.3 is 5.32 Å². The predicted octanol–water partition coefficient (Wildman–Crippen LogP) is 1.93. The van der Waals surface area contributed by atoms with Gasteiger partial charge in [0.25, 0.3) is 0 Å². The molecule has 0 fully saturated rings. The fourth-order valence-corrected chi connectivity index (χ4v) is 1.66. The zero-order chi connectivity index (χ0) is 12.3. The molecule has 0 spiro atoms. The van der Waals surface area contributed by atoms with E-state index in [0.717, 1.165) is 11.8 Å². The third-order valence-corrected chi connectivity index (χ3v) is 2.32. The summed E-state index contributed by atoms with van der Waals surface area (Å²) in [5, 5.41) is 7.25. The van der Waals surface area contributed by atoms with Crippen LogP contribution in [0.25, 0.3) is 0 Å². The molecule has 0 bridgehead atoms. The maximum Gasteiger partial charge on any atom is 0.126 e. The van der Waals surface area contributed by atoms with Crippen molar-refractivity contribution in [3.05, 3.63) is 53.4 Å². The summed E-state index contributed by atoms with van der Waals surface area (Å²) in [7, 11) is 1.83. The van der Waals surface area contributed by atoms with Gasteiger partial charge in [0.2, 0.25) is 0 Å². The van der Waals surface area contributed by atoms with Gasteiger partial charge in [0.05, 0.1) is 12.2 Å². The quantitative estimate of drug-likeness (QED) is 0.880. The van der Waals surface area contributed by atoms with E-state index in [-0.39, 0.29) is 0 Å². The van der Waals surface area contributed by atoms with E-state index in [2.05, 4.69) is 10.4 Å². The molecule has 0 saturated carbocycles. The van der Waals surface area contributed by atoms with Gasteiger partial charge in [-0.15, -0.1) is 0 Å². The van der Waals surface area contributed by atoms with Crippen LogP contribution in [0.15, 0.2) is 30.5 Å². The van der Waals surface area contributed by atoms with Crippen molar-refractivity contribution in [2.45, 2.75) is 13.1 Å². The number of benzene rings is 1. The van der Waals surface area contributed by atoms with Gasteiger partial charge in [0, 0.05) is 18.8 Å². The number of hydrogen-bond donors (Lipinski definition) is 1. The molecule has 3 nitrogen and oxygen atoms in total. The molecule has 0 aliphatic carbocycles. The molecule has 1 aromatic heterocycles. The van der Waals surface area contributed by atoms with Gasteiger partial charge in [-0.25, -0.2) is 8.78 Å². The summed E-state index contributed by atoms with van der Waals surface area (Å²) in [6, 6.07) is 5.34. The maximum absolute atomic E-state index is 13.0. The Bertz CT molecular complexity index is 488. The van der Waals surface area contributed by atoms with Gasteiger partial charge in [-0.05, 0) is 30.8 Å². The first-order valence-electron chi connectivity index (χ1n) is 5.29. The second kappa shape index (κ2) is 5.05. The average molecular weight is 237 g/mol. The molecule has 1 aromatic carbocycles. The molecule has 0 atom stereocenters. The normalized spacial score (nSPS) is 10.8. The summed E-state index contributed by atoms with van der Waals surface area (Å²) in [5.41, 5.74) is 1.45. The molecule has 0 amide bonds. The van der Waals surface area contributed by atoms with Crippen LogP contribution in [-0.4, -0.2) is 16.8 Å². The minimum atomic E-state index is -0.567. The molecule has 0 radical (unpaired) electrons. The largest absolute Gasteiger partial charge is 0.314 e. The lowest BCUT2D eigenvalue weighted by molar-refractivity contribution is 0.573. The monoisotopic (exact) mass is 237 g/mol. The molecule has 0 saturated heterocycles. The lowest BCUT2D eigenvalue weighted by Gasteiger charge is -2.02. The Morgan fingerprint density at radius 3 is 2.59 bits per heavy atom. The average Bonchev–Trinajstić information content (AvgIpc) is 2.64. The first-order chi connectivity index (χ1) is 8.17. The number of halogens is 2. The Kier molecular flexibility index (Phi) is 3.49. The standard InChI is InChI=1S/C12H13F2N3/c1-15-7-12-2-3-17(16-12)8-9-4-10(13)6-11(14)5-9/h2-6,15H,7-8H2,1H3. The zero-order valence-electron chi connectivity index (χ0n) is 9.45. The van der Waals surface area contributed by atoms with E-state index in [9.17, 15) is 8.78 Å². The van der Waals surface area contributed by atoms with Crippen molar-refractivity contribution in [3.8, 4) is 0 Å². The van der Waals surface area contributed by atoms with E-state index in [1.807, 2.05) is 13.1 Å². The molecular formula is C12H13F2N3. The molecule has 0 aliphatic heterocycles. The summed E-state index contributed by atoms with van der Waals surface area (Å²) in [6.45, 7) is 1.03. The Labute approximate surface area is 98.1 Å². The lowest BCUT2D eigenvalue weighted by atomic mass is 10.2. The van der Waals surface area contributed by atoms with Crippen molar-refractivity contribution in [2.24, 2.45) is 0 Å². The molecule has 2 rings (SSSR count). The highest BCUT2D eigenvalue weighted by Crippen LogP contribution is 2.09. The Morgan fingerprint density at radius 2 is 1.94 bits per heavy atom. The number of hydrogen-bond acceptors (Lipinski definition) is 2. The van der Waals surface area contributed by atoms with Gasteiger partial charge in [-0.1, -0.05) is 0 Å². The van der Waals surface area contributed by atoms with Crippen LogP contribution in [0.1, 0.15) is 11.3 Å². The molecule has 2 aromatic rings. The van der Waals surface area contributed by atoms with Crippen LogP contribution in [0.3, 0.4) is 0 Å². The first kappa shape index (κ1) is 11.7. The van der Waals surface area contributed by atoms with E-state index >= 15 is 0 Å². The number of aromatic nitrogens is 2. The third-order valence-electron chi connectivity index (χ3n) is 2.32. The SMILES string of the molecule is CNCc1ccn(Cc2cc(F)cc(F)c2)n1. The Hall–Kier alpha value is -1.75. The highest BCUT2D eigenvalue weighted by molar-refractivity contribution is 5.18. The van der Waals surface area contributed by atoms with Crippen molar-refractivity contribution >= 4 is 0 Å². The van der Waals surface area contributed by atoms with E-state index in [4.69, 9.17) is 0 Å². The molecule has 0 aliphatic rings. The summed E-state index contributed by atoms with van der Waals surface area (Å²) >= 11 is 0. The smallest absolute Gasteiger partial charge is 0.126 e. The fourth-order valence-electron chi connectivity index (χ4n) is 1.66. The van der Waals surface area contributed by atoms with Crippen LogP contribution in [0.5, 0.6) is 0 Å². The van der Waals surface area contributed by atoms with E-state index in [1.54, 1.807) is 10.9 Å². The van der Waals surface area contributed by atoms with Crippen LogP contribution in [0.4, 0.5) is 8.78 Å². The van der Waals surface area contributed by atoms with E-state index in [1.165, 1.54) is 12.1 Å². The zero-order valence-corrected chi connectivity index (χ0v) is 9.45. The second-order valence-corrected chi connectivity index (χ2v) is 3.81. The van der Waals surface area contributed by atoms with Crippen LogP contribution in [0.2, 0.25) is 0 Å². The van der Waals surface area contributed by atoms with Crippen LogP contribution < -0.4 is 5.32 Å². The van der Waals surface area contributed by atoms with E-state index in [0.29, 0.717) is 18.7 Å². The van der Waals surface area contributed by atoms with Gasteiger partial charge in [0.15, 0.2) is 0 Å². The van der Waals surface area contributed by atoms with Crippen LogP contribution >= 0.6 is 0 Å². The summed E-state index contributed by atoms with van der Waals surface area (Å²) < 4.78 is 27.6. The minimum absolute atomic E-state index is 0.360. The predicted molar refractivity (Wildman–Crippen MR) is 60.5 cm³/mol. The van der Waals surface area contributed by atoms with Crippen molar-refractivity contribution in [1.29, 1.82) is 0 Å². The Morgan fingerprint density at radius 1 is 1.24 bits per heavy atom. The highest BCUT2D eigenvalue weighted by atomic mass is 19.1. The molecule has 1 N–H and O–H groups in total. The second-order valence-electron chi connectivity index (χ2n) is 3.81. The van der Waals surface area contributed by atoms with Gasteiger partial charge in [-0.3, -0.25) is 4.68 Å². The first-order valence-corrected chi connectivity index (χ1v) is 5.29. The molecule has 1 heterocycles. The van der Waals surface area contributed by atoms with Gasteiger partial charge >= 0.3 is 0 Å². The third kappa shape index (κ3) is 3.10. The van der Waals surface area contributed by atoms with Crippen molar-refractivity contribution in [1.82, 2.24) is 15.1 Å². The summed E-state index contributed by atoms with van der Waals surface area (Å²) in [4.78, 5) is 0. The summed E-state index contributed by atoms with van der Waals surface area (Å²) in [6.07, 6.45) is 1.79. The Balaban J connectivity index is 2.13. The van der Waals surface area contributed by atoms with Crippen molar-refractivity contribution < 1.29 is 8.78 Å². The maximum atomic E-state index is 13.0. The van der Waals surface area contributed by atoms with Gasteiger partial charge in [-0.2, -0.15) is 5.10 Å². The van der Waals surface area contributed by atoms with Gasteiger partial charge in [0.1, 0.15) is 11.6 Å². The number of nitrogens with zero attached hydrogens (tertiary/aromatic N) is 2. The highest BCUT2D eigenvalue weighted by Gasteiger charge is 2.03.